The number of aromatic nitrogens is 1. The summed E-state index contributed by atoms with van der Waals surface area (Å²) >= 11 is 5.65. The van der Waals surface area contributed by atoms with Gasteiger partial charge in [-0.25, -0.2) is 4.98 Å². The monoisotopic (exact) mass is 482 g/mol. The molecule has 0 saturated heterocycles. The molecular formula is C16H8ClF9N2OS. The summed E-state index contributed by atoms with van der Waals surface area (Å²) in [5, 5.41) is -0.678. The summed E-state index contributed by atoms with van der Waals surface area (Å²) in [6.07, 6.45) is -14.4. The molecule has 1 amide bonds. The lowest BCUT2D eigenvalue weighted by Crippen LogP contribution is -2.31. The Bertz CT molecular complexity index is 931. The highest BCUT2D eigenvalue weighted by molar-refractivity contribution is 7.19. The van der Waals surface area contributed by atoms with Crippen molar-refractivity contribution in [3.63, 3.8) is 0 Å². The molecule has 0 unspecified atom stereocenters. The van der Waals surface area contributed by atoms with Gasteiger partial charge in [-0.3, -0.25) is 9.69 Å². The molecule has 0 aliphatic heterocycles. The second kappa shape index (κ2) is 8.10. The molecule has 1 aromatic heterocycles. The van der Waals surface area contributed by atoms with Gasteiger partial charge in [0.2, 0.25) is 0 Å². The summed E-state index contributed by atoms with van der Waals surface area (Å²) in [5.41, 5.74) is -6.12. The maximum absolute atomic E-state index is 13.0. The van der Waals surface area contributed by atoms with Crippen molar-refractivity contribution in [3.05, 3.63) is 57.6 Å². The number of hydrogen-bond donors (Lipinski definition) is 0. The number of anilines is 1. The summed E-state index contributed by atoms with van der Waals surface area (Å²) in [6.45, 7) is 2.70. The molecule has 1 aromatic carbocycles. The fraction of sp³-hybridized carbons (Fsp3) is 0.250. The van der Waals surface area contributed by atoms with Crippen molar-refractivity contribution in [1.82, 2.24) is 4.98 Å². The van der Waals surface area contributed by atoms with E-state index in [1.807, 2.05) is 0 Å². The van der Waals surface area contributed by atoms with Crippen molar-refractivity contribution in [2.75, 3.05) is 11.4 Å². The zero-order chi connectivity index (χ0) is 23.1. The molecular weight excluding hydrogens is 475 g/mol. The van der Waals surface area contributed by atoms with E-state index < -0.39 is 62.8 Å². The number of hydrogen-bond acceptors (Lipinski definition) is 3. The van der Waals surface area contributed by atoms with Gasteiger partial charge in [-0.15, -0.1) is 6.58 Å². The van der Waals surface area contributed by atoms with Crippen LogP contribution in [0.15, 0.2) is 30.9 Å². The lowest BCUT2D eigenvalue weighted by molar-refractivity contribution is -0.143. The number of carbonyl (C=O) groups is 1. The Balaban J connectivity index is 2.61. The first-order chi connectivity index (χ1) is 13.6. The second-order valence-electron chi connectivity index (χ2n) is 5.62. The topological polar surface area (TPSA) is 33.2 Å². The fourth-order valence-electron chi connectivity index (χ4n) is 2.19. The Morgan fingerprint density at radius 3 is 1.87 bits per heavy atom. The zero-order valence-electron chi connectivity index (χ0n) is 14.2. The number of benzene rings is 1. The Morgan fingerprint density at radius 2 is 1.50 bits per heavy atom. The average Bonchev–Trinajstić information content (AvgIpc) is 2.99. The van der Waals surface area contributed by atoms with Crippen molar-refractivity contribution >= 4 is 34.0 Å². The third kappa shape index (κ3) is 5.25. The van der Waals surface area contributed by atoms with E-state index in [9.17, 15) is 44.3 Å². The molecule has 0 fully saturated rings. The van der Waals surface area contributed by atoms with Crippen LogP contribution >= 0.6 is 22.9 Å². The van der Waals surface area contributed by atoms with Crippen molar-refractivity contribution in [3.8, 4) is 0 Å². The predicted octanol–water partition coefficient (Wildman–Crippen LogP) is 6.69. The van der Waals surface area contributed by atoms with E-state index in [0.29, 0.717) is 4.90 Å². The van der Waals surface area contributed by atoms with Crippen LogP contribution in [-0.2, 0) is 18.5 Å². The van der Waals surface area contributed by atoms with E-state index in [1.165, 1.54) is 0 Å². The van der Waals surface area contributed by atoms with E-state index in [2.05, 4.69) is 11.6 Å². The van der Waals surface area contributed by atoms with Gasteiger partial charge in [-0.2, -0.15) is 39.5 Å². The van der Waals surface area contributed by atoms with Crippen LogP contribution in [-0.4, -0.2) is 17.4 Å². The van der Waals surface area contributed by atoms with Gasteiger partial charge in [0.1, 0.15) is 4.34 Å². The summed E-state index contributed by atoms with van der Waals surface area (Å²) in [5.74, 6) is -1.45. The summed E-state index contributed by atoms with van der Waals surface area (Å²) in [7, 11) is 0. The van der Waals surface area contributed by atoms with E-state index in [0.717, 1.165) is 6.08 Å². The quantitative estimate of drug-likeness (QED) is 0.359. The highest BCUT2D eigenvalue weighted by Gasteiger charge is 2.40. The number of carbonyl (C=O) groups excluding carboxylic acids is 1. The highest BCUT2D eigenvalue weighted by Crippen LogP contribution is 2.41. The minimum absolute atomic E-state index is 0.160. The van der Waals surface area contributed by atoms with Crippen molar-refractivity contribution in [2.24, 2.45) is 0 Å². The molecule has 0 atom stereocenters. The minimum atomic E-state index is -5.21. The van der Waals surface area contributed by atoms with Gasteiger partial charge in [0.15, 0.2) is 10.8 Å². The van der Waals surface area contributed by atoms with Crippen LogP contribution in [0.3, 0.4) is 0 Å². The van der Waals surface area contributed by atoms with Gasteiger partial charge >= 0.3 is 18.5 Å². The largest absolute Gasteiger partial charge is 0.435 e. The van der Waals surface area contributed by atoms with Crippen LogP contribution < -0.4 is 4.90 Å². The number of thiazole rings is 1. The summed E-state index contributed by atoms with van der Waals surface area (Å²) in [4.78, 5) is 16.3. The lowest BCUT2D eigenvalue weighted by Gasteiger charge is -2.20. The van der Waals surface area contributed by atoms with E-state index in [1.54, 1.807) is 0 Å². The minimum Gasteiger partial charge on any atom is -0.280 e. The zero-order valence-corrected chi connectivity index (χ0v) is 15.8. The van der Waals surface area contributed by atoms with Gasteiger partial charge in [0.25, 0.3) is 5.91 Å². The maximum Gasteiger partial charge on any atom is 0.435 e. The Kier molecular flexibility index (Phi) is 6.48. The molecule has 0 aliphatic rings. The number of alkyl halides is 9. The number of halogens is 10. The fourth-order valence-corrected chi connectivity index (χ4v) is 3.37. The molecule has 0 saturated carbocycles. The van der Waals surface area contributed by atoms with E-state index >= 15 is 0 Å². The van der Waals surface area contributed by atoms with Crippen LogP contribution in [0, 0.1) is 0 Å². The number of amides is 1. The van der Waals surface area contributed by atoms with Crippen LogP contribution in [0.5, 0.6) is 0 Å². The summed E-state index contributed by atoms with van der Waals surface area (Å²) in [6, 6.07) is 0.137. The number of rotatable bonds is 4. The SMILES string of the molecule is C=CCN(C(=O)c1cc(C(F)(F)F)cc(C(F)(F)F)c1)c1nc(C(F)(F)F)c(Cl)s1. The third-order valence-electron chi connectivity index (χ3n) is 3.47. The van der Waals surface area contributed by atoms with Crippen molar-refractivity contribution in [1.29, 1.82) is 0 Å². The molecule has 0 radical (unpaired) electrons. The lowest BCUT2D eigenvalue weighted by atomic mass is 10.0. The molecule has 0 aliphatic carbocycles. The molecule has 164 valence electrons. The average molecular weight is 483 g/mol. The van der Waals surface area contributed by atoms with Crippen molar-refractivity contribution in [2.45, 2.75) is 18.5 Å². The first kappa shape index (κ1) is 24.0. The smallest absolute Gasteiger partial charge is 0.280 e. The van der Waals surface area contributed by atoms with Crippen LogP contribution in [0.1, 0.15) is 27.2 Å². The van der Waals surface area contributed by atoms with Crippen LogP contribution in [0.4, 0.5) is 44.6 Å². The molecule has 0 spiro atoms. The normalized spacial score (nSPS) is 12.7. The summed E-state index contributed by atoms with van der Waals surface area (Å²) < 4.78 is 116. The van der Waals surface area contributed by atoms with Crippen LogP contribution in [0.2, 0.25) is 4.34 Å². The molecule has 0 N–H and O–H groups in total. The van der Waals surface area contributed by atoms with Gasteiger partial charge in [0, 0.05) is 12.1 Å². The molecule has 0 bridgehead atoms. The number of nitrogens with zero attached hydrogens (tertiary/aromatic N) is 2. The van der Waals surface area contributed by atoms with Crippen molar-refractivity contribution < 1.29 is 44.3 Å². The van der Waals surface area contributed by atoms with Crippen LogP contribution in [0.25, 0.3) is 0 Å². The Labute approximate surface area is 171 Å². The van der Waals surface area contributed by atoms with Gasteiger partial charge in [0.05, 0.1) is 11.1 Å². The second-order valence-corrected chi connectivity index (χ2v) is 7.20. The Morgan fingerprint density at radius 1 is 1.00 bits per heavy atom. The van der Waals surface area contributed by atoms with E-state index in [-0.39, 0.29) is 29.5 Å². The molecule has 2 aromatic rings. The molecule has 30 heavy (non-hydrogen) atoms. The maximum atomic E-state index is 13.0. The molecule has 2 rings (SSSR count). The van der Waals surface area contributed by atoms with Gasteiger partial charge in [-0.1, -0.05) is 29.0 Å². The van der Waals surface area contributed by atoms with Gasteiger partial charge < -0.3 is 0 Å². The predicted molar refractivity (Wildman–Crippen MR) is 90.4 cm³/mol. The molecule has 3 nitrogen and oxygen atoms in total. The Hall–Kier alpha value is -2.28. The first-order valence-corrected chi connectivity index (χ1v) is 8.71. The molecule has 1 heterocycles. The first-order valence-electron chi connectivity index (χ1n) is 7.51. The van der Waals surface area contributed by atoms with Gasteiger partial charge in [-0.05, 0) is 18.2 Å². The standard InChI is InChI=1S/C16H8ClF9N2OS/c1-2-3-28(13-27-10(11(17)30-13)16(24,25)26)12(29)7-4-8(14(18,19)20)6-9(5-7)15(21,22)23/h2,4-6H,1,3H2. The molecule has 14 heteroatoms. The third-order valence-corrected chi connectivity index (χ3v) is 4.74. The highest BCUT2D eigenvalue weighted by atomic mass is 35.5. The van der Waals surface area contributed by atoms with E-state index in [4.69, 9.17) is 11.6 Å².